The molecule has 0 radical (unpaired) electrons. The van der Waals surface area contributed by atoms with Crippen molar-refractivity contribution in [3.63, 3.8) is 0 Å². The Labute approximate surface area is 316 Å². The van der Waals surface area contributed by atoms with Crippen molar-refractivity contribution in [3.8, 4) is 23.0 Å². The average Bonchev–Trinajstić information content (AvgIpc) is 3.72. The number of ether oxygens (including phenoxy) is 2. The number of nitrogens with zero attached hydrogens (tertiary/aromatic N) is 8. The van der Waals surface area contributed by atoms with Crippen molar-refractivity contribution in [1.29, 1.82) is 0 Å². The van der Waals surface area contributed by atoms with Gasteiger partial charge in [0.2, 0.25) is 17.6 Å². The molecule has 15 nitrogen and oxygen atoms in total. The minimum atomic E-state index is -4.63. The molecule has 5 heterocycles. The number of carbonyl (C=O) groups excluding carboxylic acids is 2. The van der Waals surface area contributed by atoms with Gasteiger partial charge in [-0.1, -0.05) is 18.5 Å². The molecule has 2 amide bonds. The third-order valence-electron chi connectivity index (χ3n) is 10.1. The maximum Gasteiger partial charge on any atom is 0.416 e. The van der Waals surface area contributed by atoms with Crippen LogP contribution >= 0.6 is 11.6 Å². The van der Waals surface area contributed by atoms with Crippen LogP contribution in [0.5, 0.6) is 11.6 Å². The predicted octanol–water partition coefficient (Wildman–Crippen LogP) is 4.77. The topological polar surface area (TPSA) is 179 Å². The van der Waals surface area contributed by atoms with E-state index in [1.54, 1.807) is 35.6 Å². The first-order valence-corrected chi connectivity index (χ1v) is 17.7. The first-order valence-electron chi connectivity index (χ1n) is 17.3. The molecule has 0 bridgehead atoms. The molecule has 1 atom stereocenters. The number of benzene rings is 1. The lowest BCUT2D eigenvalue weighted by molar-refractivity contribution is -0.137. The van der Waals surface area contributed by atoms with Gasteiger partial charge >= 0.3 is 6.18 Å². The molecule has 2 aliphatic rings. The highest BCUT2D eigenvalue weighted by molar-refractivity contribution is 6.33. The minimum Gasteiger partial charge on any atom is -0.504 e. The minimum absolute atomic E-state index is 0.0280. The van der Waals surface area contributed by atoms with Gasteiger partial charge in [-0.25, -0.2) is 15.0 Å². The maximum atomic E-state index is 14.6. The molecule has 1 spiro atoms. The lowest BCUT2D eigenvalue weighted by Crippen LogP contribution is -2.46. The summed E-state index contributed by atoms with van der Waals surface area (Å²) in [7, 11) is 1.54. The SMILES string of the molecule is COCCOc1cc(-c2nc3n(CC(=O)Nc4ccc(C(F)(F)F)cc4Cl)c4c(c(=O)n3n2)C2(CCN(C(=O)c3ncnc(C)c3O)CC2)CC4C)ccn1. The molecule has 4 aromatic heterocycles. The molecule has 1 unspecified atom stereocenters. The van der Waals surface area contributed by atoms with Crippen LogP contribution in [0.3, 0.4) is 0 Å². The number of anilines is 1. The maximum absolute atomic E-state index is 14.6. The summed E-state index contributed by atoms with van der Waals surface area (Å²) >= 11 is 6.17. The largest absolute Gasteiger partial charge is 0.504 e. The molecule has 1 saturated heterocycles. The lowest BCUT2D eigenvalue weighted by atomic mass is 9.73. The van der Waals surface area contributed by atoms with Crippen molar-refractivity contribution < 1.29 is 37.3 Å². The van der Waals surface area contributed by atoms with Crippen LogP contribution in [-0.4, -0.2) is 89.4 Å². The Morgan fingerprint density at radius 1 is 1.11 bits per heavy atom. The number of hydrogen-bond donors (Lipinski definition) is 2. The standard InChI is InChI=1S/C36H35ClF3N9O6/c1-19-16-35(7-10-47(11-8-35)33(53)28-30(51)20(2)42-18-43-28)27-29(19)48(17-25(50)44-24-5-4-22(15-23(24)37)36(38,39)40)34-45-31(46-49(34)32(27)52)21-6-9-41-26(14-21)55-13-12-54-3/h4-6,9,14-15,18-19,51H,7-8,10-13,16-17H2,1-3H3,(H,44,50). The fourth-order valence-electron chi connectivity index (χ4n) is 7.50. The van der Waals surface area contributed by atoms with E-state index in [1.165, 1.54) is 12.5 Å². The summed E-state index contributed by atoms with van der Waals surface area (Å²) in [5.74, 6) is -1.15. The van der Waals surface area contributed by atoms with E-state index in [4.69, 9.17) is 26.1 Å². The molecule has 1 aliphatic carbocycles. The number of piperidine rings is 1. The van der Waals surface area contributed by atoms with Crippen molar-refractivity contribution in [3.05, 3.63) is 86.4 Å². The molecule has 0 saturated carbocycles. The third-order valence-corrected chi connectivity index (χ3v) is 10.4. The fraction of sp³-hybridized carbons (Fsp3) is 0.389. The second-order valence-electron chi connectivity index (χ2n) is 13.6. The summed E-state index contributed by atoms with van der Waals surface area (Å²) in [4.78, 5) is 60.2. The normalized spacial score (nSPS) is 16.4. The molecule has 1 fully saturated rings. The number of amides is 2. The number of rotatable bonds is 9. The molecule has 19 heteroatoms. The Morgan fingerprint density at radius 2 is 1.87 bits per heavy atom. The Hall–Kier alpha value is -5.62. The number of likely N-dealkylation sites (tertiary alicyclic amines) is 1. The summed E-state index contributed by atoms with van der Waals surface area (Å²) in [6, 6.07) is 5.89. The molecular weight excluding hydrogens is 747 g/mol. The monoisotopic (exact) mass is 781 g/mol. The van der Waals surface area contributed by atoms with E-state index in [0.29, 0.717) is 42.7 Å². The van der Waals surface area contributed by atoms with E-state index in [1.807, 2.05) is 6.92 Å². The van der Waals surface area contributed by atoms with Gasteiger partial charge in [0.1, 0.15) is 19.5 Å². The van der Waals surface area contributed by atoms with Crippen molar-refractivity contribution in [2.24, 2.45) is 0 Å². The molecule has 1 aromatic carbocycles. The van der Waals surface area contributed by atoms with Gasteiger partial charge in [0.15, 0.2) is 17.3 Å². The number of hydrogen-bond acceptors (Lipinski definition) is 11. The number of nitrogens with one attached hydrogen (secondary N) is 1. The number of aromatic nitrogens is 7. The van der Waals surface area contributed by atoms with Gasteiger partial charge in [-0.15, -0.1) is 5.10 Å². The van der Waals surface area contributed by atoms with Crippen molar-refractivity contribution >= 4 is 34.9 Å². The molecule has 2 N–H and O–H groups in total. The number of alkyl halides is 3. The van der Waals surface area contributed by atoms with Crippen LogP contribution in [0.1, 0.15) is 65.1 Å². The zero-order chi connectivity index (χ0) is 39.2. The first-order chi connectivity index (χ1) is 26.2. The van der Waals surface area contributed by atoms with Crippen LogP contribution in [0.4, 0.5) is 18.9 Å². The zero-order valence-electron chi connectivity index (χ0n) is 29.9. The highest BCUT2D eigenvalue weighted by Gasteiger charge is 2.49. The zero-order valence-corrected chi connectivity index (χ0v) is 30.6. The predicted molar refractivity (Wildman–Crippen MR) is 191 cm³/mol. The number of halogens is 4. The van der Waals surface area contributed by atoms with Gasteiger partial charge in [-0.05, 0) is 56.4 Å². The van der Waals surface area contributed by atoms with Gasteiger partial charge in [0, 0.05) is 54.7 Å². The highest BCUT2D eigenvalue weighted by Crippen LogP contribution is 2.50. The quantitative estimate of drug-likeness (QED) is 0.197. The Morgan fingerprint density at radius 3 is 2.58 bits per heavy atom. The molecule has 55 heavy (non-hydrogen) atoms. The van der Waals surface area contributed by atoms with Crippen molar-refractivity contribution in [1.82, 2.24) is 39.0 Å². The highest BCUT2D eigenvalue weighted by atomic mass is 35.5. The summed E-state index contributed by atoms with van der Waals surface area (Å²) in [5, 5.41) is 17.4. The number of pyridine rings is 1. The van der Waals surface area contributed by atoms with Crippen molar-refractivity contribution in [2.45, 2.75) is 57.2 Å². The van der Waals surface area contributed by atoms with E-state index < -0.39 is 34.5 Å². The van der Waals surface area contributed by atoms with Gasteiger partial charge < -0.3 is 29.4 Å². The van der Waals surface area contributed by atoms with Crippen LogP contribution in [0.2, 0.25) is 5.02 Å². The van der Waals surface area contributed by atoms with E-state index in [2.05, 4.69) is 25.4 Å². The Kier molecular flexibility index (Phi) is 9.97. The number of aromatic hydroxyl groups is 1. The van der Waals surface area contributed by atoms with Gasteiger partial charge in [0.25, 0.3) is 11.5 Å². The van der Waals surface area contributed by atoms with Crippen LogP contribution in [0.25, 0.3) is 17.2 Å². The number of aryl methyl sites for hydroxylation is 1. The second-order valence-corrected chi connectivity index (χ2v) is 14.0. The van der Waals surface area contributed by atoms with Crippen LogP contribution in [0, 0.1) is 6.92 Å². The van der Waals surface area contributed by atoms with Gasteiger partial charge in [-0.2, -0.15) is 22.7 Å². The van der Waals surface area contributed by atoms with E-state index in [9.17, 15) is 32.7 Å². The van der Waals surface area contributed by atoms with Crippen LogP contribution in [-0.2, 0) is 27.7 Å². The second kappa shape index (κ2) is 14.6. The smallest absolute Gasteiger partial charge is 0.416 e. The van der Waals surface area contributed by atoms with Gasteiger partial charge in [-0.3, -0.25) is 14.4 Å². The molecule has 288 valence electrons. The molecule has 7 rings (SSSR count). The number of carbonyl (C=O) groups is 2. The van der Waals surface area contributed by atoms with Crippen LogP contribution < -0.4 is 15.6 Å². The summed E-state index contributed by atoms with van der Waals surface area (Å²) in [6.07, 6.45) is -0.600. The molecule has 1 aliphatic heterocycles. The number of methoxy groups -OCH3 is 1. The average molecular weight is 782 g/mol. The van der Waals surface area contributed by atoms with Gasteiger partial charge in [0.05, 0.1) is 28.6 Å². The fourth-order valence-corrected chi connectivity index (χ4v) is 7.72. The Bertz CT molecular complexity index is 2380. The van der Waals surface area contributed by atoms with Crippen molar-refractivity contribution in [2.75, 3.05) is 38.7 Å². The third kappa shape index (κ3) is 7.06. The summed E-state index contributed by atoms with van der Waals surface area (Å²) in [5.41, 5.74) is -0.478. The lowest BCUT2D eigenvalue weighted by Gasteiger charge is -2.39. The molecule has 5 aromatic rings. The van der Waals surface area contributed by atoms with E-state index in [0.717, 1.165) is 22.7 Å². The number of fused-ring (bicyclic) bond motifs is 3. The van der Waals surface area contributed by atoms with E-state index >= 15 is 0 Å². The molecular formula is C36H35ClF3N9O6. The van der Waals surface area contributed by atoms with Crippen LogP contribution in [0.15, 0.2) is 47.7 Å². The Balaban J connectivity index is 1.28. The summed E-state index contributed by atoms with van der Waals surface area (Å²) in [6.45, 7) is 4.20. The summed E-state index contributed by atoms with van der Waals surface area (Å²) < 4.78 is 53.3. The first kappa shape index (κ1) is 37.7. The van der Waals surface area contributed by atoms with E-state index in [-0.39, 0.29) is 77.5 Å².